The van der Waals surface area contributed by atoms with E-state index in [9.17, 15) is 9.18 Å². The number of nitrogens with zero attached hydrogens (tertiary/aromatic N) is 3. The Kier molecular flexibility index (Phi) is 5.37. The van der Waals surface area contributed by atoms with Gasteiger partial charge in [-0.15, -0.1) is 10.2 Å². The maximum absolute atomic E-state index is 14.5. The zero-order valence-corrected chi connectivity index (χ0v) is 16.8. The molecule has 1 aromatic heterocycles. The van der Waals surface area contributed by atoms with E-state index in [1.807, 2.05) is 6.07 Å². The second-order valence-corrected chi connectivity index (χ2v) is 7.17. The van der Waals surface area contributed by atoms with Crippen LogP contribution >= 0.6 is 0 Å². The number of hydrogen-bond donors (Lipinski definition) is 3. The second-order valence-electron chi connectivity index (χ2n) is 7.17. The number of halogens is 1. The van der Waals surface area contributed by atoms with Gasteiger partial charge in [-0.1, -0.05) is 6.07 Å². The van der Waals surface area contributed by atoms with Crippen molar-refractivity contribution in [2.45, 2.75) is 6.92 Å². The highest BCUT2D eigenvalue weighted by molar-refractivity contribution is 6.07. The third-order valence-electron chi connectivity index (χ3n) is 5.14. The fourth-order valence-electron chi connectivity index (χ4n) is 3.59. The molecule has 2 heterocycles. The lowest BCUT2D eigenvalue weighted by Gasteiger charge is -2.31. The number of carbonyl (C=O) groups is 1. The van der Waals surface area contributed by atoms with Gasteiger partial charge >= 0.3 is 0 Å². The molecule has 156 valence electrons. The van der Waals surface area contributed by atoms with Crippen molar-refractivity contribution >= 4 is 33.9 Å². The maximum Gasteiger partial charge on any atom is 0.271 e. The number of fused-ring (bicyclic) bond motifs is 1. The molecule has 2 aromatic carbocycles. The lowest BCUT2D eigenvalue weighted by molar-refractivity contribution is 0.0995. The van der Waals surface area contributed by atoms with Crippen LogP contribution < -0.4 is 26.0 Å². The summed E-state index contributed by atoms with van der Waals surface area (Å²) in [5.41, 5.74) is 8.17. The van der Waals surface area contributed by atoms with Crippen molar-refractivity contribution in [3.05, 3.63) is 47.4 Å². The van der Waals surface area contributed by atoms with Gasteiger partial charge in [-0.3, -0.25) is 4.79 Å². The van der Waals surface area contributed by atoms with E-state index in [0.717, 1.165) is 37.4 Å². The van der Waals surface area contributed by atoms with Crippen molar-refractivity contribution in [3.63, 3.8) is 0 Å². The number of hydrogen-bond acceptors (Lipinski definition) is 7. The molecule has 1 saturated heterocycles. The molecule has 30 heavy (non-hydrogen) atoms. The Labute approximate surface area is 173 Å². The molecule has 3 aromatic rings. The molecule has 8 nitrogen and oxygen atoms in total. The summed E-state index contributed by atoms with van der Waals surface area (Å²) in [7, 11) is 1.60. The van der Waals surface area contributed by atoms with E-state index in [1.54, 1.807) is 32.2 Å². The summed E-state index contributed by atoms with van der Waals surface area (Å²) in [6.45, 7) is 5.11. The number of ether oxygens (including phenoxy) is 1. The second kappa shape index (κ2) is 8.11. The number of amides is 1. The Morgan fingerprint density at radius 1 is 1.23 bits per heavy atom. The zero-order valence-electron chi connectivity index (χ0n) is 16.8. The number of nitrogens with one attached hydrogen (secondary N) is 2. The number of methoxy groups -OCH3 is 1. The highest BCUT2D eigenvalue weighted by Crippen LogP contribution is 2.37. The number of rotatable bonds is 5. The molecule has 0 aliphatic carbocycles. The van der Waals surface area contributed by atoms with E-state index in [-0.39, 0.29) is 11.4 Å². The number of nitrogens with two attached hydrogens (primary N) is 1. The highest BCUT2D eigenvalue weighted by atomic mass is 19.1. The fraction of sp³-hybridized carbons (Fsp3) is 0.286. The molecule has 0 radical (unpaired) electrons. The van der Waals surface area contributed by atoms with Crippen molar-refractivity contribution in [3.8, 4) is 5.75 Å². The summed E-state index contributed by atoms with van der Waals surface area (Å²) in [4.78, 5) is 14.2. The van der Waals surface area contributed by atoms with Crippen LogP contribution in [0.15, 0.2) is 30.3 Å². The summed E-state index contributed by atoms with van der Waals surface area (Å²) < 4.78 is 20.1. The minimum Gasteiger partial charge on any atom is -0.495 e. The molecular formula is C21H23FN6O2. The summed E-state index contributed by atoms with van der Waals surface area (Å²) in [5.74, 6) is -0.539. The van der Waals surface area contributed by atoms with Crippen LogP contribution in [-0.4, -0.2) is 49.4 Å². The number of benzene rings is 2. The van der Waals surface area contributed by atoms with E-state index >= 15 is 0 Å². The Balaban J connectivity index is 1.90. The first kappa shape index (κ1) is 19.8. The van der Waals surface area contributed by atoms with E-state index in [4.69, 9.17) is 10.5 Å². The van der Waals surface area contributed by atoms with Crippen LogP contribution in [0.5, 0.6) is 5.75 Å². The molecule has 0 bridgehead atoms. The molecule has 4 N–H and O–H groups in total. The Bertz CT molecular complexity index is 1110. The standard InChI is InChI=1S/C21H23FN6O2/c1-12-3-4-15(14(22)9-12)25-19-13-10-17(28-7-5-24-6-8-28)18(30-2)11-16(13)26-27-20(19)21(23)29/h3-4,9-11,24H,5-8H2,1-2H3,(H2,23,29)(H,25,26). The average molecular weight is 410 g/mol. The number of carbonyl (C=O) groups excluding carboxylic acids is 1. The monoisotopic (exact) mass is 410 g/mol. The van der Waals surface area contributed by atoms with Crippen LogP contribution in [0.25, 0.3) is 10.9 Å². The van der Waals surface area contributed by atoms with Crippen molar-refractivity contribution in [2.24, 2.45) is 5.73 Å². The molecule has 9 heteroatoms. The Morgan fingerprint density at radius 2 is 2.00 bits per heavy atom. The van der Waals surface area contributed by atoms with Gasteiger partial charge in [-0.2, -0.15) is 0 Å². The van der Waals surface area contributed by atoms with E-state index in [2.05, 4.69) is 25.7 Å². The van der Waals surface area contributed by atoms with Crippen LogP contribution in [0.3, 0.4) is 0 Å². The van der Waals surface area contributed by atoms with Gasteiger partial charge < -0.3 is 26.0 Å². The van der Waals surface area contributed by atoms with Gasteiger partial charge in [0.2, 0.25) is 0 Å². The first-order valence-electron chi connectivity index (χ1n) is 9.65. The van der Waals surface area contributed by atoms with Gasteiger partial charge in [0.05, 0.1) is 29.7 Å². The van der Waals surface area contributed by atoms with Crippen molar-refractivity contribution in [2.75, 3.05) is 43.5 Å². The van der Waals surface area contributed by atoms with Crippen molar-refractivity contribution < 1.29 is 13.9 Å². The third-order valence-corrected chi connectivity index (χ3v) is 5.14. The summed E-state index contributed by atoms with van der Waals surface area (Å²) in [6.07, 6.45) is 0. The molecule has 1 aliphatic rings. The number of piperazine rings is 1. The number of aromatic nitrogens is 2. The topological polar surface area (TPSA) is 105 Å². The molecule has 1 amide bonds. The third kappa shape index (κ3) is 3.71. The normalized spacial score (nSPS) is 14.0. The fourth-order valence-corrected chi connectivity index (χ4v) is 3.59. The number of anilines is 3. The predicted molar refractivity (Wildman–Crippen MR) is 114 cm³/mol. The number of primary amides is 1. The molecule has 4 rings (SSSR count). The van der Waals surface area contributed by atoms with Gasteiger partial charge in [0.25, 0.3) is 5.91 Å². The van der Waals surface area contributed by atoms with E-state index < -0.39 is 11.7 Å². The average Bonchev–Trinajstić information content (AvgIpc) is 2.75. The smallest absolute Gasteiger partial charge is 0.271 e. The van der Waals surface area contributed by atoms with Gasteiger partial charge in [0, 0.05) is 37.6 Å². The minimum absolute atomic E-state index is 0.0566. The van der Waals surface area contributed by atoms with Gasteiger partial charge in [-0.05, 0) is 30.7 Å². The maximum atomic E-state index is 14.5. The molecule has 0 atom stereocenters. The van der Waals surface area contributed by atoms with Crippen molar-refractivity contribution in [1.82, 2.24) is 15.5 Å². The van der Waals surface area contributed by atoms with Gasteiger partial charge in [-0.25, -0.2) is 4.39 Å². The van der Waals surface area contributed by atoms with Crippen LogP contribution in [0.4, 0.5) is 21.5 Å². The molecule has 0 saturated carbocycles. The number of aryl methyl sites for hydroxylation is 1. The zero-order chi connectivity index (χ0) is 21.3. The lowest BCUT2D eigenvalue weighted by atomic mass is 10.1. The Hall–Kier alpha value is -3.46. The SMILES string of the molecule is COc1cc2nnc(C(N)=O)c(Nc3ccc(C)cc3F)c2cc1N1CCNCC1. The molecule has 0 unspecified atom stereocenters. The molecule has 0 spiro atoms. The Morgan fingerprint density at radius 3 is 2.67 bits per heavy atom. The molecular weight excluding hydrogens is 387 g/mol. The van der Waals surface area contributed by atoms with Crippen LogP contribution in [0, 0.1) is 12.7 Å². The van der Waals surface area contributed by atoms with Gasteiger partial charge in [0.15, 0.2) is 5.69 Å². The quantitative estimate of drug-likeness (QED) is 0.593. The molecule has 1 aliphatic heterocycles. The first-order chi connectivity index (χ1) is 14.5. The van der Waals surface area contributed by atoms with Crippen LogP contribution in [0.1, 0.15) is 16.1 Å². The van der Waals surface area contributed by atoms with Crippen LogP contribution in [0.2, 0.25) is 0 Å². The highest BCUT2D eigenvalue weighted by Gasteiger charge is 2.21. The minimum atomic E-state index is -0.751. The van der Waals surface area contributed by atoms with E-state index in [1.165, 1.54) is 6.07 Å². The summed E-state index contributed by atoms with van der Waals surface area (Å²) in [6, 6.07) is 8.46. The van der Waals surface area contributed by atoms with E-state index in [0.29, 0.717) is 22.3 Å². The predicted octanol–water partition coefficient (Wildman–Crippen LogP) is 2.34. The van der Waals surface area contributed by atoms with Crippen LogP contribution in [-0.2, 0) is 0 Å². The largest absolute Gasteiger partial charge is 0.495 e. The lowest BCUT2D eigenvalue weighted by Crippen LogP contribution is -2.43. The van der Waals surface area contributed by atoms with Crippen molar-refractivity contribution in [1.29, 1.82) is 0 Å². The summed E-state index contributed by atoms with van der Waals surface area (Å²) >= 11 is 0. The summed E-state index contributed by atoms with van der Waals surface area (Å²) in [5, 5.41) is 15.1. The molecule has 1 fully saturated rings. The van der Waals surface area contributed by atoms with Gasteiger partial charge in [0.1, 0.15) is 11.6 Å². The first-order valence-corrected chi connectivity index (χ1v) is 9.65.